The second-order valence-electron chi connectivity index (χ2n) is 2.47. The van der Waals surface area contributed by atoms with Gasteiger partial charge in [-0.25, -0.2) is 0 Å². The van der Waals surface area contributed by atoms with E-state index in [-0.39, 0.29) is 0 Å². The van der Waals surface area contributed by atoms with Crippen LogP contribution in [0.4, 0.5) is 0 Å². The molecule has 7 heteroatoms. The molecule has 0 aliphatic heterocycles. The maximum atomic E-state index is 5.29. The summed E-state index contributed by atoms with van der Waals surface area (Å²) in [5.74, 6) is 0. The molecule has 0 atom stereocenters. The Bertz CT molecular complexity index is 118. The number of hydrogen-bond donors (Lipinski definition) is 3. The fourth-order valence-electron chi connectivity index (χ4n) is 0.705. The third kappa shape index (κ3) is 6.43. The lowest BCUT2D eigenvalue weighted by Gasteiger charge is -2.29. The molecule has 0 rings (SSSR count). The summed E-state index contributed by atoms with van der Waals surface area (Å²) in [6, 6.07) is 0. The summed E-state index contributed by atoms with van der Waals surface area (Å²) in [5, 5.41) is 0. The Balaban J connectivity index is 3.89. The summed E-state index contributed by atoms with van der Waals surface area (Å²) < 4.78 is 15.6. The van der Waals surface area contributed by atoms with Gasteiger partial charge in [-0.1, -0.05) is 0 Å². The number of rotatable bonds is 9. The molecular formula is C7H18N3O3Si. The van der Waals surface area contributed by atoms with E-state index in [1.54, 1.807) is 0 Å². The molecule has 0 aliphatic rings. The number of nitrogens with two attached hydrogens (primary N) is 3. The Kier molecular flexibility index (Phi) is 8.29. The Morgan fingerprint density at radius 1 is 0.786 bits per heavy atom. The van der Waals surface area contributed by atoms with Gasteiger partial charge >= 0.3 is 0 Å². The molecule has 0 amide bonds. The molecule has 0 fully saturated rings. The second kappa shape index (κ2) is 8.30. The first-order valence-electron chi connectivity index (χ1n) is 4.45. The van der Waals surface area contributed by atoms with Gasteiger partial charge in [0, 0.05) is 19.6 Å². The molecule has 83 valence electrons. The Morgan fingerprint density at radius 3 is 1.29 bits per heavy atom. The van der Waals surface area contributed by atoms with Crippen LogP contribution in [-0.4, -0.2) is 55.3 Å². The summed E-state index contributed by atoms with van der Waals surface area (Å²) in [4.78, 5) is 0. The molecule has 0 saturated heterocycles. The van der Waals surface area contributed by atoms with E-state index in [1.165, 1.54) is 0 Å². The lowest BCUT2D eigenvalue weighted by atomic mass is 10.7. The highest BCUT2D eigenvalue weighted by Crippen LogP contribution is 2.09. The normalized spacial score (nSPS) is 12.0. The molecule has 14 heavy (non-hydrogen) atoms. The van der Waals surface area contributed by atoms with Crippen LogP contribution in [0.15, 0.2) is 0 Å². The van der Waals surface area contributed by atoms with E-state index in [2.05, 4.69) is 10.2 Å². The van der Waals surface area contributed by atoms with E-state index in [1.807, 2.05) is 0 Å². The van der Waals surface area contributed by atoms with Gasteiger partial charge in [0.25, 0.3) is 0 Å². The summed E-state index contributed by atoms with van der Waals surface area (Å²) in [6.07, 6.45) is 0. The van der Waals surface area contributed by atoms with Gasteiger partial charge in [-0.3, -0.25) is 0 Å². The van der Waals surface area contributed by atoms with Crippen LogP contribution in [0.3, 0.4) is 0 Å². The Hall–Kier alpha value is -0.0231. The van der Waals surface area contributed by atoms with Crippen molar-refractivity contribution in [1.82, 2.24) is 0 Å². The highest BCUT2D eigenvalue weighted by Gasteiger charge is 2.25. The van der Waals surface area contributed by atoms with Crippen LogP contribution < -0.4 is 17.2 Å². The van der Waals surface area contributed by atoms with E-state index in [4.69, 9.17) is 31.4 Å². The van der Waals surface area contributed by atoms with Gasteiger partial charge in [-0.15, -0.1) is 0 Å². The number of hydrogen-bond acceptors (Lipinski definition) is 6. The summed E-state index contributed by atoms with van der Waals surface area (Å²) in [7, 11) is 3.21. The van der Waals surface area contributed by atoms with Gasteiger partial charge in [-0.05, 0) is 0 Å². The summed E-state index contributed by atoms with van der Waals surface area (Å²) in [6.45, 7) is 2.09. The van der Waals surface area contributed by atoms with Gasteiger partial charge in [0.1, 0.15) is 0 Å². The maximum Gasteiger partial charge on any atom is 0.248 e. The third-order valence-electron chi connectivity index (χ3n) is 1.23. The molecule has 0 aromatic rings. The third-order valence-corrected chi connectivity index (χ3v) is 1.66. The highest BCUT2D eigenvalue weighted by atomic mass is 28.1. The van der Waals surface area contributed by atoms with Gasteiger partial charge in [0.2, 0.25) is 5.60 Å². The average Bonchev–Trinajstić information content (AvgIpc) is 2.21. The standard InChI is InChI=1S/C7H18N3O3Si/c8-1-4-11-7(14,12-5-2-9)13-6-3-10/h1-6,8-10H2. The van der Waals surface area contributed by atoms with Crippen molar-refractivity contribution in [2.75, 3.05) is 39.5 Å². The van der Waals surface area contributed by atoms with Gasteiger partial charge in [-0.2, -0.15) is 0 Å². The van der Waals surface area contributed by atoms with E-state index < -0.39 is 5.60 Å². The molecule has 0 aromatic carbocycles. The molecule has 0 heterocycles. The van der Waals surface area contributed by atoms with Crippen LogP contribution in [0.2, 0.25) is 0 Å². The van der Waals surface area contributed by atoms with Crippen molar-refractivity contribution in [1.29, 1.82) is 0 Å². The first kappa shape index (κ1) is 14.0. The lowest BCUT2D eigenvalue weighted by molar-refractivity contribution is -0.322. The van der Waals surface area contributed by atoms with Crippen molar-refractivity contribution < 1.29 is 14.2 Å². The molecule has 0 spiro atoms. The predicted octanol–water partition coefficient (Wildman–Crippen LogP) is -2.31. The van der Waals surface area contributed by atoms with Gasteiger partial charge < -0.3 is 31.4 Å². The zero-order valence-electron chi connectivity index (χ0n) is 8.20. The molecular weight excluding hydrogens is 202 g/mol. The molecule has 0 bridgehead atoms. The Morgan fingerprint density at radius 2 is 1.07 bits per heavy atom. The van der Waals surface area contributed by atoms with E-state index in [0.717, 1.165) is 0 Å². The monoisotopic (exact) mass is 220 g/mol. The fraction of sp³-hybridized carbons (Fsp3) is 1.00. The van der Waals surface area contributed by atoms with E-state index in [0.29, 0.717) is 39.5 Å². The minimum atomic E-state index is -1.28. The Labute approximate surface area is 87.5 Å². The molecule has 0 unspecified atom stereocenters. The van der Waals surface area contributed by atoms with Gasteiger partial charge in [0.05, 0.1) is 19.8 Å². The SMILES string of the molecule is NCCOC([Si])(OCCN)OCCN. The van der Waals surface area contributed by atoms with Crippen LogP contribution in [0.25, 0.3) is 0 Å². The van der Waals surface area contributed by atoms with E-state index >= 15 is 0 Å². The molecule has 0 aromatic heterocycles. The van der Waals surface area contributed by atoms with Crippen molar-refractivity contribution in [2.45, 2.75) is 5.60 Å². The molecule has 6 nitrogen and oxygen atoms in total. The summed E-state index contributed by atoms with van der Waals surface area (Å²) >= 11 is 0. The van der Waals surface area contributed by atoms with Crippen LogP contribution >= 0.6 is 0 Å². The minimum absolute atomic E-state index is 0.318. The van der Waals surface area contributed by atoms with Crippen molar-refractivity contribution in [3.05, 3.63) is 0 Å². The van der Waals surface area contributed by atoms with Crippen LogP contribution in [0.1, 0.15) is 0 Å². The molecule has 0 aliphatic carbocycles. The fourth-order valence-corrected chi connectivity index (χ4v) is 1.01. The van der Waals surface area contributed by atoms with Crippen LogP contribution in [0, 0.1) is 0 Å². The zero-order chi connectivity index (χ0) is 10.9. The van der Waals surface area contributed by atoms with Gasteiger partial charge in [0.15, 0.2) is 10.2 Å². The molecule has 3 radical (unpaired) electrons. The second-order valence-corrected chi connectivity index (χ2v) is 3.08. The van der Waals surface area contributed by atoms with Crippen molar-refractivity contribution in [3.63, 3.8) is 0 Å². The van der Waals surface area contributed by atoms with E-state index in [9.17, 15) is 0 Å². The minimum Gasteiger partial charge on any atom is -0.331 e. The quantitative estimate of drug-likeness (QED) is 0.298. The van der Waals surface area contributed by atoms with Crippen LogP contribution in [-0.2, 0) is 14.2 Å². The molecule has 6 N–H and O–H groups in total. The van der Waals surface area contributed by atoms with Crippen molar-refractivity contribution in [3.8, 4) is 0 Å². The zero-order valence-corrected chi connectivity index (χ0v) is 9.20. The summed E-state index contributed by atoms with van der Waals surface area (Å²) in [5.41, 5.74) is 14.6. The smallest absolute Gasteiger partial charge is 0.248 e. The van der Waals surface area contributed by atoms with Crippen LogP contribution in [0.5, 0.6) is 0 Å². The largest absolute Gasteiger partial charge is 0.331 e. The first-order chi connectivity index (χ1) is 6.68. The van der Waals surface area contributed by atoms with Crippen molar-refractivity contribution >= 4 is 10.2 Å². The first-order valence-corrected chi connectivity index (χ1v) is 4.95. The lowest BCUT2D eigenvalue weighted by Crippen LogP contribution is -2.43. The number of ether oxygens (including phenoxy) is 3. The molecule has 0 saturated carbocycles. The maximum absolute atomic E-state index is 5.29. The predicted molar refractivity (Wildman–Crippen MR) is 53.5 cm³/mol. The topological polar surface area (TPSA) is 106 Å². The highest BCUT2D eigenvalue weighted by molar-refractivity contribution is 6.12. The van der Waals surface area contributed by atoms with Crippen molar-refractivity contribution in [2.24, 2.45) is 17.2 Å². The average molecular weight is 220 g/mol.